The van der Waals surface area contributed by atoms with Crippen LogP contribution in [0.1, 0.15) is 18.4 Å². The Bertz CT molecular complexity index is 549. The lowest BCUT2D eigenvalue weighted by Crippen LogP contribution is -2.46. The van der Waals surface area contributed by atoms with E-state index in [4.69, 9.17) is 0 Å². The molecule has 118 valence electrons. The minimum atomic E-state index is -0.332. The first-order valence-electron chi connectivity index (χ1n) is 7.15. The number of ether oxygens (including phenoxy) is 1. The van der Waals surface area contributed by atoms with Gasteiger partial charge in [0.1, 0.15) is 5.82 Å². The molecule has 0 saturated carbocycles. The largest absolute Gasteiger partial charge is 0.453 e. The summed E-state index contributed by atoms with van der Waals surface area (Å²) in [6.45, 7) is 1.14. The van der Waals surface area contributed by atoms with Crippen LogP contribution in [0.5, 0.6) is 0 Å². The zero-order chi connectivity index (χ0) is 15.9. The van der Waals surface area contributed by atoms with Crippen molar-refractivity contribution in [2.75, 3.05) is 20.2 Å². The normalized spacial score (nSPS) is 15.8. The van der Waals surface area contributed by atoms with Crippen LogP contribution in [0.15, 0.2) is 30.3 Å². The average molecular weight is 306 g/mol. The van der Waals surface area contributed by atoms with Gasteiger partial charge in [0.2, 0.25) is 5.91 Å². The van der Waals surface area contributed by atoms with Gasteiger partial charge in [-0.25, -0.2) is 9.18 Å². The highest BCUT2D eigenvalue weighted by Gasteiger charge is 2.23. The predicted octanol–water partition coefficient (Wildman–Crippen LogP) is 2.19. The molecule has 2 amide bonds. The molecule has 1 aromatic rings. The van der Waals surface area contributed by atoms with Crippen LogP contribution in [0.4, 0.5) is 9.18 Å². The van der Waals surface area contributed by atoms with E-state index in [2.05, 4.69) is 10.1 Å². The quantitative estimate of drug-likeness (QED) is 0.871. The number of piperidine rings is 1. The van der Waals surface area contributed by atoms with Gasteiger partial charge >= 0.3 is 6.09 Å². The fourth-order valence-corrected chi connectivity index (χ4v) is 2.33. The Morgan fingerprint density at radius 1 is 1.27 bits per heavy atom. The van der Waals surface area contributed by atoms with E-state index in [1.165, 1.54) is 25.3 Å². The van der Waals surface area contributed by atoms with Gasteiger partial charge in [-0.2, -0.15) is 0 Å². The minimum absolute atomic E-state index is 0.0475. The van der Waals surface area contributed by atoms with Gasteiger partial charge < -0.3 is 15.0 Å². The van der Waals surface area contributed by atoms with Crippen molar-refractivity contribution in [3.8, 4) is 0 Å². The smallest absolute Gasteiger partial charge is 0.409 e. The number of nitrogens with one attached hydrogen (secondary N) is 1. The van der Waals surface area contributed by atoms with Crippen LogP contribution in [0.2, 0.25) is 0 Å². The topological polar surface area (TPSA) is 58.6 Å². The SMILES string of the molecule is COC(=O)N1CCC(NC(=O)/C=C/c2ccc(F)cc2)CC1. The van der Waals surface area contributed by atoms with E-state index in [0.29, 0.717) is 25.9 Å². The maximum atomic E-state index is 12.8. The average Bonchev–Trinajstić information content (AvgIpc) is 2.54. The second-order valence-corrected chi connectivity index (χ2v) is 5.12. The molecule has 0 radical (unpaired) electrons. The van der Waals surface area contributed by atoms with E-state index < -0.39 is 0 Å². The number of hydrogen-bond donors (Lipinski definition) is 1. The van der Waals surface area contributed by atoms with Crippen LogP contribution in [0.25, 0.3) is 6.08 Å². The Morgan fingerprint density at radius 3 is 2.50 bits per heavy atom. The molecule has 5 nitrogen and oxygen atoms in total. The van der Waals surface area contributed by atoms with Gasteiger partial charge in [-0.15, -0.1) is 0 Å². The van der Waals surface area contributed by atoms with E-state index in [-0.39, 0.29) is 23.9 Å². The second-order valence-electron chi connectivity index (χ2n) is 5.12. The summed E-state index contributed by atoms with van der Waals surface area (Å²) in [4.78, 5) is 24.8. The Balaban J connectivity index is 1.78. The summed E-state index contributed by atoms with van der Waals surface area (Å²) in [5.74, 6) is -0.500. The summed E-state index contributed by atoms with van der Waals surface area (Å²) >= 11 is 0. The van der Waals surface area contributed by atoms with Crippen molar-refractivity contribution >= 4 is 18.1 Å². The molecule has 0 aliphatic carbocycles. The molecular formula is C16H19FN2O3. The van der Waals surface area contributed by atoms with Crippen molar-refractivity contribution in [3.05, 3.63) is 41.7 Å². The highest BCUT2D eigenvalue weighted by Crippen LogP contribution is 2.11. The van der Waals surface area contributed by atoms with Crippen molar-refractivity contribution in [1.29, 1.82) is 0 Å². The highest BCUT2D eigenvalue weighted by atomic mass is 19.1. The number of amides is 2. The number of rotatable bonds is 3. The van der Waals surface area contributed by atoms with E-state index in [0.717, 1.165) is 5.56 Å². The molecule has 1 fully saturated rings. The number of benzene rings is 1. The molecule has 1 aliphatic heterocycles. The maximum absolute atomic E-state index is 12.8. The van der Waals surface area contributed by atoms with Crippen molar-refractivity contribution in [3.63, 3.8) is 0 Å². The second kappa shape index (κ2) is 7.59. The zero-order valence-corrected chi connectivity index (χ0v) is 12.4. The zero-order valence-electron chi connectivity index (χ0n) is 12.4. The number of halogens is 1. The summed E-state index contributed by atoms with van der Waals surface area (Å²) in [5, 5.41) is 2.90. The highest BCUT2D eigenvalue weighted by molar-refractivity contribution is 5.91. The first-order valence-corrected chi connectivity index (χ1v) is 7.15. The van der Waals surface area contributed by atoms with Crippen LogP contribution in [-0.2, 0) is 9.53 Å². The third-order valence-corrected chi connectivity index (χ3v) is 3.57. The first-order chi connectivity index (χ1) is 10.6. The van der Waals surface area contributed by atoms with Crippen molar-refractivity contribution < 1.29 is 18.7 Å². The molecule has 6 heteroatoms. The molecular weight excluding hydrogens is 287 g/mol. The van der Waals surface area contributed by atoms with Crippen LogP contribution in [-0.4, -0.2) is 43.1 Å². The Hall–Kier alpha value is -2.37. The maximum Gasteiger partial charge on any atom is 0.409 e. The summed E-state index contributed by atoms with van der Waals surface area (Å²) in [7, 11) is 1.36. The summed E-state index contributed by atoms with van der Waals surface area (Å²) in [6, 6.07) is 5.95. The van der Waals surface area contributed by atoms with Gasteiger partial charge in [0, 0.05) is 25.2 Å². The molecule has 1 aromatic carbocycles. The minimum Gasteiger partial charge on any atom is -0.453 e. The first kappa shape index (κ1) is 16.0. The number of carbonyl (C=O) groups is 2. The lowest BCUT2D eigenvalue weighted by Gasteiger charge is -2.31. The summed E-state index contributed by atoms with van der Waals surface area (Å²) in [5.41, 5.74) is 0.761. The molecule has 0 bridgehead atoms. The third-order valence-electron chi connectivity index (χ3n) is 3.57. The molecule has 0 spiro atoms. The van der Waals surface area contributed by atoms with Gasteiger partial charge in [0.25, 0.3) is 0 Å². The molecule has 0 aromatic heterocycles. The summed E-state index contributed by atoms with van der Waals surface area (Å²) in [6.07, 6.45) is 4.13. The standard InChI is InChI=1S/C16H19FN2O3/c1-22-16(21)19-10-8-14(9-11-19)18-15(20)7-4-12-2-5-13(17)6-3-12/h2-7,14H,8-11H2,1H3,(H,18,20)/b7-4+. The van der Waals surface area contributed by atoms with Gasteiger partial charge in [-0.05, 0) is 36.6 Å². The van der Waals surface area contributed by atoms with Gasteiger partial charge in [0.05, 0.1) is 7.11 Å². The fourth-order valence-electron chi connectivity index (χ4n) is 2.33. The molecule has 22 heavy (non-hydrogen) atoms. The van der Waals surface area contributed by atoms with Gasteiger partial charge in [-0.3, -0.25) is 4.79 Å². The van der Waals surface area contributed by atoms with Crippen molar-refractivity contribution in [2.45, 2.75) is 18.9 Å². The van der Waals surface area contributed by atoms with Crippen molar-refractivity contribution in [1.82, 2.24) is 10.2 Å². The van der Waals surface area contributed by atoms with E-state index in [9.17, 15) is 14.0 Å². The third kappa shape index (κ3) is 4.58. The molecule has 0 atom stereocenters. The number of carbonyl (C=O) groups excluding carboxylic acids is 2. The number of methoxy groups -OCH3 is 1. The van der Waals surface area contributed by atoms with Crippen LogP contribution in [0.3, 0.4) is 0 Å². The van der Waals surface area contributed by atoms with Crippen molar-refractivity contribution in [2.24, 2.45) is 0 Å². The Labute approximate surface area is 128 Å². The van der Waals surface area contributed by atoms with Gasteiger partial charge in [0.15, 0.2) is 0 Å². The molecule has 1 heterocycles. The molecule has 2 rings (SSSR count). The fraction of sp³-hybridized carbons (Fsp3) is 0.375. The van der Waals surface area contributed by atoms with Crippen LogP contribution in [0, 0.1) is 5.82 Å². The number of nitrogens with zero attached hydrogens (tertiary/aromatic N) is 1. The van der Waals surface area contributed by atoms with Crippen LogP contribution < -0.4 is 5.32 Å². The molecule has 1 aliphatic rings. The lowest BCUT2D eigenvalue weighted by molar-refractivity contribution is -0.117. The lowest BCUT2D eigenvalue weighted by atomic mass is 10.1. The Morgan fingerprint density at radius 2 is 1.91 bits per heavy atom. The van der Waals surface area contributed by atoms with Crippen LogP contribution >= 0.6 is 0 Å². The monoisotopic (exact) mass is 306 g/mol. The predicted molar refractivity (Wildman–Crippen MR) is 80.6 cm³/mol. The van der Waals surface area contributed by atoms with E-state index >= 15 is 0 Å². The summed E-state index contributed by atoms with van der Waals surface area (Å²) < 4.78 is 17.4. The Kier molecular flexibility index (Phi) is 5.52. The molecule has 1 N–H and O–H groups in total. The van der Waals surface area contributed by atoms with E-state index in [1.807, 2.05) is 0 Å². The van der Waals surface area contributed by atoms with E-state index in [1.54, 1.807) is 23.1 Å². The molecule has 1 saturated heterocycles. The van der Waals surface area contributed by atoms with Gasteiger partial charge in [-0.1, -0.05) is 12.1 Å². The number of likely N-dealkylation sites (tertiary alicyclic amines) is 1. The molecule has 0 unspecified atom stereocenters. The number of hydrogen-bond acceptors (Lipinski definition) is 3.